The molecule has 0 radical (unpaired) electrons. The van der Waals surface area contributed by atoms with E-state index in [9.17, 15) is 23.3 Å². The molecule has 25 heavy (non-hydrogen) atoms. The SMILES string of the molecule is Cc1ccc([N+](=O)[O-])cc1N([C@@H](C)C(=O)N[C@@H](C)C(C)C)S(C)(=O)=O. The second-order valence-corrected chi connectivity index (χ2v) is 8.36. The summed E-state index contributed by atoms with van der Waals surface area (Å²) in [5, 5.41) is 13.8. The predicted molar refractivity (Wildman–Crippen MR) is 97.1 cm³/mol. The molecule has 0 aliphatic carbocycles. The van der Waals surface area contributed by atoms with Crippen LogP contribution in [0, 0.1) is 23.0 Å². The van der Waals surface area contributed by atoms with Crippen molar-refractivity contribution in [2.24, 2.45) is 5.92 Å². The lowest BCUT2D eigenvalue weighted by atomic mass is 10.1. The van der Waals surface area contributed by atoms with E-state index in [1.165, 1.54) is 25.1 Å². The van der Waals surface area contributed by atoms with Crippen molar-refractivity contribution < 1.29 is 18.1 Å². The van der Waals surface area contributed by atoms with E-state index in [4.69, 9.17) is 0 Å². The van der Waals surface area contributed by atoms with Crippen molar-refractivity contribution in [1.82, 2.24) is 5.32 Å². The molecular formula is C16H25N3O5S. The summed E-state index contributed by atoms with van der Waals surface area (Å²) in [4.78, 5) is 22.9. The molecule has 0 spiro atoms. The number of carbonyl (C=O) groups excluding carboxylic acids is 1. The molecule has 0 saturated carbocycles. The molecule has 0 bridgehead atoms. The van der Waals surface area contributed by atoms with Gasteiger partial charge in [-0.15, -0.1) is 0 Å². The van der Waals surface area contributed by atoms with Crippen LogP contribution in [0.15, 0.2) is 18.2 Å². The van der Waals surface area contributed by atoms with Crippen molar-refractivity contribution in [3.05, 3.63) is 33.9 Å². The number of rotatable bonds is 7. The maximum absolute atomic E-state index is 12.5. The van der Waals surface area contributed by atoms with Crippen LogP contribution in [0.25, 0.3) is 0 Å². The summed E-state index contributed by atoms with van der Waals surface area (Å²) in [5.74, 6) is -0.278. The van der Waals surface area contributed by atoms with Gasteiger partial charge in [-0.2, -0.15) is 0 Å². The molecule has 0 aliphatic heterocycles. The van der Waals surface area contributed by atoms with Crippen LogP contribution in [-0.4, -0.2) is 37.6 Å². The minimum absolute atomic E-state index is 0.122. The zero-order chi connectivity index (χ0) is 19.5. The van der Waals surface area contributed by atoms with Crippen LogP contribution in [0.5, 0.6) is 0 Å². The Morgan fingerprint density at radius 3 is 2.24 bits per heavy atom. The van der Waals surface area contributed by atoms with E-state index in [0.717, 1.165) is 10.6 Å². The van der Waals surface area contributed by atoms with Gasteiger partial charge in [0.15, 0.2) is 0 Å². The van der Waals surface area contributed by atoms with Crippen molar-refractivity contribution in [3.8, 4) is 0 Å². The van der Waals surface area contributed by atoms with Crippen LogP contribution in [-0.2, 0) is 14.8 Å². The zero-order valence-corrected chi connectivity index (χ0v) is 16.1. The number of hydrogen-bond acceptors (Lipinski definition) is 5. The minimum atomic E-state index is -3.83. The summed E-state index contributed by atoms with van der Waals surface area (Å²) < 4.78 is 25.5. The average molecular weight is 371 g/mol. The van der Waals surface area contributed by atoms with Gasteiger partial charge >= 0.3 is 0 Å². The molecule has 2 atom stereocenters. The summed E-state index contributed by atoms with van der Waals surface area (Å²) in [7, 11) is -3.83. The number of anilines is 1. The van der Waals surface area contributed by atoms with Gasteiger partial charge in [-0.3, -0.25) is 19.2 Å². The first-order valence-electron chi connectivity index (χ1n) is 7.91. The fraction of sp³-hybridized carbons (Fsp3) is 0.562. The van der Waals surface area contributed by atoms with Crippen LogP contribution in [0.2, 0.25) is 0 Å². The fourth-order valence-corrected chi connectivity index (χ4v) is 3.47. The molecule has 1 aromatic rings. The van der Waals surface area contributed by atoms with E-state index in [-0.39, 0.29) is 23.3 Å². The molecule has 0 unspecified atom stereocenters. The highest BCUT2D eigenvalue weighted by atomic mass is 32.2. The summed E-state index contributed by atoms with van der Waals surface area (Å²) in [6.07, 6.45) is 0.973. The molecule has 0 aromatic heterocycles. The number of carbonyl (C=O) groups is 1. The first kappa shape index (κ1) is 20.9. The molecule has 1 amide bonds. The number of sulfonamides is 1. The third kappa shape index (κ3) is 5.15. The molecule has 140 valence electrons. The Morgan fingerprint density at radius 2 is 1.80 bits per heavy atom. The number of amides is 1. The average Bonchev–Trinajstić information content (AvgIpc) is 2.47. The van der Waals surface area contributed by atoms with Gasteiger partial charge in [0.05, 0.1) is 16.9 Å². The Labute approximate surface area is 148 Å². The van der Waals surface area contributed by atoms with Crippen molar-refractivity contribution in [2.75, 3.05) is 10.6 Å². The lowest BCUT2D eigenvalue weighted by Crippen LogP contribution is -2.50. The van der Waals surface area contributed by atoms with Gasteiger partial charge in [0.2, 0.25) is 15.9 Å². The van der Waals surface area contributed by atoms with Crippen LogP contribution >= 0.6 is 0 Å². The molecule has 8 nitrogen and oxygen atoms in total. The summed E-state index contributed by atoms with van der Waals surface area (Å²) >= 11 is 0. The minimum Gasteiger partial charge on any atom is -0.352 e. The highest BCUT2D eigenvalue weighted by Gasteiger charge is 2.32. The number of benzene rings is 1. The lowest BCUT2D eigenvalue weighted by Gasteiger charge is -2.30. The van der Waals surface area contributed by atoms with Crippen LogP contribution in [0.1, 0.15) is 33.3 Å². The van der Waals surface area contributed by atoms with Gasteiger partial charge in [0.25, 0.3) is 5.69 Å². The second kappa shape index (κ2) is 7.81. The smallest absolute Gasteiger partial charge is 0.271 e. The van der Waals surface area contributed by atoms with Crippen molar-refractivity contribution in [1.29, 1.82) is 0 Å². The highest BCUT2D eigenvalue weighted by Crippen LogP contribution is 2.29. The molecule has 1 N–H and O–H groups in total. The predicted octanol–water partition coefficient (Wildman–Crippen LogP) is 2.22. The highest BCUT2D eigenvalue weighted by molar-refractivity contribution is 7.92. The molecule has 1 aromatic carbocycles. The van der Waals surface area contributed by atoms with E-state index < -0.39 is 26.9 Å². The Morgan fingerprint density at radius 1 is 1.24 bits per heavy atom. The Hall–Kier alpha value is -2.16. The zero-order valence-electron chi connectivity index (χ0n) is 15.3. The van der Waals surface area contributed by atoms with E-state index in [2.05, 4.69) is 5.32 Å². The molecular weight excluding hydrogens is 346 g/mol. The topological polar surface area (TPSA) is 110 Å². The van der Waals surface area contributed by atoms with E-state index >= 15 is 0 Å². The molecule has 9 heteroatoms. The van der Waals surface area contributed by atoms with Crippen LogP contribution in [0.4, 0.5) is 11.4 Å². The van der Waals surface area contributed by atoms with Gasteiger partial charge in [0, 0.05) is 18.2 Å². The number of nitrogens with one attached hydrogen (secondary N) is 1. The summed E-state index contributed by atoms with van der Waals surface area (Å²) in [6.45, 7) is 8.81. The Balaban J connectivity index is 3.34. The fourth-order valence-electron chi connectivity index (χ4n) is 2.24. The standard InChI is InChI=1S/C16H25N3O5S/c1-10(2)12(4)17-16(20)13(5)18(25(6,23)24)15-9-14(19(21)22)8-7-11(15)3/h7-10,12-13H,1-6H3,(H,17,20)/t12-,13-/m0/s1. The van der Waals surface area contributed by atoms with Gasteiger partial charge in [-0.05, 0) is 32.3 Å². The summed E-state index contributed by atoms with van der Waals surface area (Å²) in [6, 6.07) is 2.75. The number of non-ortho nitro benzene ring substituents is 1. The Bertz CT molecular complexity index is 761. The molecule has 1 rings (SSSR count). The number of nitro groups is 1. The number of nitro benzene ring substituents is 1. The lowest BCUT2D eigenvalue weighted by molar-refractivity contribution is -0.384. The number of hydrogen-bond donors (Lipinski definition) is 1. The van der Waals surface area contributed by atoms with Crippen molar-refractivity contribution in [2.45, 2.75) is 46.7 Å². The third-order valence-corrected chi connectivity index (χ3v) is 5.33. The Kier molecular flexibility index (Phi) is 6.53. The normalized spacial score (nSPS) is 14.0. The van der Waals surface area contributed by atoms with Gasteiger partial charge < -0.3 is 5.32 Å². The first-order valence-corrected chi connectivity index (χ1v) is 9.76. The maximum atomic E-state index is 12.5. The number of aryl methyl sites for hydroxylation is 1. The maximum Gasteiger partial charge on any atom is 0.271 e. The first-order chi connectivity index (χ1) is 11.4. The van der Waals surface area contributed by atoms with E-state index in [1.54, 1.807) is 6.92 Å². The molecule has 0 heterocycles. The van der Waals surface area contributed by atoms with Gasteiger partial charge in [0.1, 0.15) is 6.04 Å². The largest absolute Gasteiger partial charge is 0.352 e. The van der Waals surface area contributed by atoms with Gasteiger partial charge in [-0.25, -0.2) is 8.42 Å². The van der Waals surface area contributed by atoms with Gasteiger partial charge in [-0.1, -0.05) is 19.9 Å². The van der Waals surface area contributed by atoms with Crippen molar-refractivity contribution >= 4 is 27.3 Å². The van der Waals surface area contributed by atoms with E-state index in [1.807, 2.05) is 20.8 Å². The van der Waals surface area contributed by atoms with Crippen molar-refractivity contribution in [3.63, 3.8) is 0 Å². The third-order valence-electron chi connectivity index (χ3n) is 4.10. The molecule has 0 aliphatic rings. The molecule has 0 fully saturated rings. The monoisotopic (exact) mass is 371 g/mol. The second-order valence-electron chi connectivity index (χ2n) is 6.50. The van der Waals surface area contributed by atoms with Crippen LogP contribution in [0.3, 0.4) is 0 Å². The summed E-state index contributed by atoms with van der Waals surface area (Å²) in [5.41, 5.74) is 0.404. The molecule has 0 saturated heterocycles. The quantitative estimate of drug-likeness (QED) is 0.584. The van der Waals surface area contributed by atoms with Crippen LogP contribution < -0.4 is 9.62 Å². The number of nitrogens with zero attached hydrogens (tertiary/aromatic N) is 2. The van der Waals surface area contributed by atoms with E-state index in [0.29, 0.717) is 5.56 Å².